The predicted molar refractivity (Wildman–Crippen MR) is 47.7 cm³/mol. The molecule has 70 valence electrons. The highest BCUT2D eigenvalue weighted by molar-refractivity contribution is 6.76. The Labute approximate surface area is 85.5 Å². The molecular weight excluding hydrogens is 224 g/mol. The molecule has 0 aromatic heterocycles. The van der Waals surface area contributed by atoms with Crippen LogP contribution < -0.4 is 0 Å². The Bertz CT molecular complexity index is 174. The van der Waals surface area contributed by atoms with Gasteiger partial charge in [0, 0.05) is 13.1 Å². The second kappa shape index (κ2) is 4.01. The van der Waals surface area contributed by atoms with Crippen molar-refractivity contribution in [3.63, 3.8) is 0 Å². The minimum atomic E-state index is -1.84. The number of hydrogen-bond donors (Lipinski definition) is 0. The molecule has 0 N–H and O–H groups in total. The first kappa shape index (κ1) is 10.4. The van der Waals surface area contributed by atoms with Gasteiger partial charge in [-0.25, -0.2) is 0 Å². The van der Waals surface area contributed by atoms with Gasteiger partial charge in [0.05, 0.1) is 13.2 Å². The largest absolute Gasteiger partial charge is 0.378 e. The fourth-order valence-corrected chi connectivity index (χ4v) is 1.30. The lowest BCUT2D eigenvalue weighted by molar-refractivity contribution is -0.134. The molecule has 0 unspecified atom stereocenters. The maximum atomic E-state index is 11.3. The standard InChI is InChI=1S/C6H8Cl3NO2/c7-6(8,9)5(11)10-1-3-12-4-2-10/h1-4H2. The number of ether oxygens (including phenoxy) is 1. The first-order chi connectivity index (χ1) is 5.52. The zero-order chi connectivity index (χ0) is 9.19. The Morgan fingerprint density at radius 2 is 1.75 bits per heavy atom. The van der Waals surface area contributed by atoms with Crippen molar-refractivity contribution in [3.8, 4) is 0 Å². The Kier molecular flexibility index (Phi) is 3.47. The average molecular weight is 232 g/mol. The second-order valence-corrected chi connectivity index (χ2v) is 4.68. The first-order valence-corrected chi connectivity index (χ1v) is 4.59. The third kappa shape index (κ3) is 2.66. The number of alkyl halides is 3. The van der Waals surface area contributed by atoms with Crippen LogP contribution in [0.3, 0.4) is 0 Å². The Balaban J connectivity index is 2.51. The van der Waals surface area contributed by atoms with Crippen LogP contribution in [-0.4, -0.2) is 40.9 Å². The number of carbonyl (C=O) groups excluding carboxylic acids is 1. The maximum absolute atomic E-state index is 11.3. The quantitative estimate of drug-likeness (QED) is 0.588. The van der Waals surface area contributed by atoms with Gasteiger partial charge in [-0.15, -0.1) is 0 Å². The lowest BCUT2D eigenvalue weighted by Crippen LogP contribution is -2.45. The van der Waals surface area contributed by atoms with Gasteiger partial charge in [0.2, 0.25) is 0 Å². The van der Waals surface area contributed by atoms with Crippen LogP contribution in [-0.2, 0) is 9.53 Å². The summed E-state index contributed by atoms with van der Waals surface area (Å²) in [4.78, 5) is 12.8. The van der Waals surface area contributed by atoms with Crippen LogP contribution in [0.4, 0.5) is 0 Å². The van der Waals surface area contributed by atoms with Crippen molar-refractivity contribution in [2.45, 2.75) is 3.79 Å². The molecule has 0 bridgehead atoms. The number of rotatable bonds is 0. The van der Waals surface area contributed by atoms with Crippen LogP contribution in [0.5, 0.6) is 0 Å². The van der Waals surface area contributed by atoms with Crippen LogP contribution in [0.15, 0.2) is 0 Å². The molecule has 12 heavy (non-hydrogen) atoms. The Morgan fingerprint density at radius 3 is 2.17 bits per heavy atom. The summed E-state index contributed by atoms with van der Waals surface area (Å²) in [5.41, 5.74) is 0. The molecule has 1 aliphatic rings. The van der Waals surface area contributed by atoms with Crippen molar-refractivity contribution < 1.29 is 9.53 Å². The molecule has 0 atom stereocenters. The number of amides is 1. The van der Waals surface area contributed by atoms with Crippen molar-refractivity contribution >= 4 is 40.7 Å². The van der Waals surface area contributed by atoms with E-state index in [4.69, 9.17) is 39.5 Å². The highest BCUT2D eigenvalue weighted by atomic mass is 35.6. The van der Waals surface area contributed by atoms with E-state index in [-0.39, 0.29) is 0 Å². The van der Waals surface area contributed by atoms with Gasteiger partial charge in [0.1, 0.15) is 0 Å². The summed E-state index contributed by atoms with van der Waals surface area (Å²) >= 11 is 16.2. The zero-order valence-corrected chi connectivity index (χ0v) is 8.49. The van der Waals surface area contributed by atoms with E-state index < -0.39 is 9.70 Å². The van der Waals surface area contributed by atoms with Gasteiger partial charge < -0.3 is 9.64 Å². The van der Waals surface area contributed by atoms with Crippen LogP contribution in [0, 0.1) is 0 Å². The van der Waals surface area contributed by atoms with E-state index in [1.54, 1.807) is 0 Å². The SMILES string of the molecule is O=C(N1CCOCC1)C(Cl)(Cl)Cl. The average Bonchev–Trinajstić information content (AvgIpc) is 2.03. The van der Waals surface area contributed by atoms with Crippen molar-refractivity contribution in [2.75, 3.05) is 26.3 Å². The zero-order valence-electron chi connectivity index (χ0n) is 6.23. The molecule has 1 rings (SSSR count). The summed E-state index contributed by atoms with van der Waals surface area (Å²) < 4.78 is 3.20. The number of carbonyl (C=O) groups is 1. The van der Waals surface area contributed by atoms with E-state index in [9.17, 15) is 4.79 Å². The van der Waals surface area contributed by atoms with Crippen molar-refractivity contribution in [3.05, 3.63) is 0 Å². The Morgan fingerprint density at radius 1 is 1.25 bits per heavy atom. The lowest BCUT2D eigenvalue weighted by atomic mass is 10.4. The van der Waals surface area contributed by atoms with Gasteiger partial charge in [-0.1, -0.05) is 34.8 Å². The summed E-state index contributed by atoms with van der Waals surface area (Å²) in [6.07, 6.45) is 0. The first-order valence-electron chi connectivity index (χ1n) is 3.45. The molecule has 0 aromatic rings. The molecule has 6 heteroatoms. The minimum absolute atomic E-state index is 0.476. The van der Waals surface area contributed by atoms with Gasteiger partial charge in [-0.3, -0.25) is 4.79 Å². The number of hydrogen-bond acceptors (Lipinski definition) is 2. The third-order valence-electron chi connectivity index (χ3n) is 1.54. The van der Waals surface area contributed by atoms with Crippen LogP contribution >= 0.6 is 34.8 Å². The number of halogens is 3. The third-order valence-corrected chi connectivity index (χ3v) is 2.03. The monoisotopic (exact) mass is 231 g/mol. The molecule has 1 heterocycles. The van der Waals surface area contributed by atoms with Crippen molar-refractivity contribution in [1.82, 2.24) is 4.90 Å². The highest BCUT2D eigenvalue weighted by Crippen LogP contribution is 2.28. The second-order valence-electron chi connectivity index (χ2n) is 2.40. The molecule has 0 aliphatic carbocycles. The normalized spacial score (nSPS) is 19.4. The number of morpholine rings is 1. The van der Waals surface area contributed by atoms with E-state index in [1.165, 1.54) is 4.90 Å². The van der Waals surface area contributed by atoms with Crippen LogP contribution in [0.25, 0.3) is 0 Å². The topological polar surface area (TPSA) is 29.5 Å². The lowest BCUT2D eigenvalue weighted by Gasteiger charge is -2.29. The molecule has 0 radical (unpaired) electrons. The van der Waals surface area contributed by atoms with Gasteiger partial charge in [0.15, 0.2) is 0 Å². The molecule has 1 amide bonds. The van der Waals surface area contributed by atoms with E-state index in [0.717, 1.165) is 0 Å². The van der Waals surface area contributed by atoms with Crippen molar-refractivity contribution in [1.29, 1.82) is 0 Å². The fourth-order valence-electron chi connectivity index (χ4n) is 0.946. The molecule has 1 fully saturated rings. The molecule has 0 spiro atoms. The smallest absolute Gasteiger partial charge is 0.274 e. The van der Waals surface area contributed by atoms with E-state index in [2.05, 4.69) is 0 Å². The summed E-state index contributed by atoms with van der Waals surface area (Å²) in [6.45, 7) is 2.00. The molecule has 3 nitrogen and oxygen atoms in total. The molecule has 0 aromatic carbocycles. The van der Waals surface area contributed by atoms with E-state index in [1.807, 2.05) is 0 Å². The van der Waals surface area contributed by atoms with E-state index in [0.29, 0.717) is 26.3 Å². The van der Waals surface area contributed by atoms with Gasteiger partial charge in [0.25, 0.3) is 9.70 Å². The maximum Gasteiger partial charge on any atom is 0.274 e. The molecule has 1 saturated heterocycles. The summed E-state index contributed by atoms with van der Waals surface area (Å²) in [5, 5.41) is 0. The Hall–Kier alpha value is 0.300. The molecular formula is C6H8Cl3NO2. The highest BCUT2D eigenvalue weighted by Gasteiger charge is 2.35. The summed E-state index contributed by atoms with van der Waals surface area (Å²) in [7, 11) is 0. The summed E-state index contributed by atoms with van der Waals surface area (Å²) in [5.74, 6) is -0.476. The van der Waals surface area contributed by atoms with Crippen LogP contribution in [0.1, 0.15) is 0 Å². The molecule has 1 aliphatic heterocycles. The van der Waals surface area contributed by atoms with Crippen LogP contribution in [0.2, 0.25) is 0 Å². The predicted octanol–water partition coefficient (Wildman–Crippen LogP) is 1.22. The number of nitrogens with zero attached hydrogens (tertiary/aromatic N) is 1. The minimum Gasteiger partial charge on any atom is -0.378 e. The molecule has 0 saturated carbocycles. The fraction of sp³-hybridized carbons (Fsp3) is 0.833. The van der Waals surface area contributed by atoms with Crippen molar-refractivity contribution in [2.24, 2.45) is 0 Å². The van der Waals surface area contributed by atoms with Gasteiger partial charge >= 0.3 is 0 Å². The summed E-state index contributed by atoms with van der Waals surface area (Å²) in [6, 6.07) is 0. The van der Waals surface area contributed by atoms with Gasteiger partial charge in [-0.05, 0) is 0 Å². The van der Waals surface area contributed by atoms with Gasteiger partial charge in [-0.2, -0.15) is 0 Å². The van der Waals surface area contributed by atoms with E-state index >= 15 is 0 Å².